The van der Waals surface area contributed by atoms with Crippen molar-refractivity contribution in [1.29, 1.82) is 0 Å². The predicted octanol–water partition coefficient (Wildman–Crippen LogP) is 4.74. The fraction of sp³-hybridized carbons (Fsp3) is 0.455. The maximum atomic E-state index is 12.8. The normalized spacial score (nSPS) is 19.3. The van der Waals surface area contributed by atoms with Gasteiger partial charge in [-0.25, -0.2) is 9.78 Å². The van der Waals surface area contributed by atoms with Crippen LogP contribution in [0, 0.1) is 0 Å². The molecule has 0 aliphatic carbocycles. The first-order chi connectivity index (χ1) is 14.7. The molecule has 2 atom stereocenters. The van der Waals surface area contributed by atoms with Gasteiger partial charge in [0.25, 0.3) is 0 Å². The number of carbonyl (C=O) groups excluding carboxylic acids is 1. The van der Waals surface area contributed by atoms with Crippen molar-refractivity contribution in [3.8, 4) is 0 Å². The van der Waals surface area contributed by atoms with Crippen LogP contribution in [0.2, 0.25) is 0 Å². The molecule has 1 aromatic heterocycles. The lowest BCUT2D eigenvalue weighted by Gasteiger charge is -2.36. The van der Waals surface area contributed by atoms with Gasteiger partial charge in [-0.15, -0.1) is 11.3 Å². The molecule has 0 spiro atoms. The molecular weight excluding hydrogens is 429 g/mol. The lowest BCUT2D eigenvalue weighted by Crippen LogP contribution is -2.44. The number of benzene rings is 1. The van der Waals surface area contributed by atoms with Crippen molar-refractivity contribution in [2.24, 2.45) is 0 Å². The number of hydrogen-bond donors (Lipinski definition) is 0. The van der Waals surface area contributed by atoms with E-state index in [1.54, 1.807) is 0 Å². The van der Waals surface area contributed by atoms with Crippen molar-refractivity contribution in [2.45, 2.75) is 38.6 Å². The monoisotopic (exact) mass is 454 g/mol. The van der Waals surface area contributed by atoms with E-state index in [-0.39, 0.29) is 12.0 Å². The Labute approximate surface area is 183 Å². The second-order valence-electron chi connectivity index (χ2n) is 7.53. The summed E-state index contributed by atoms with van der Waals surface area (Å²) in [7, 11) is 1.34. The zero-order valence-electron chi connectivity index (χ0n) is 17.6. The van der Waals surface area contributed by atoms with Crippen LogP contribution in [-0.2, 0) is 26.9 Å². The van der Waals surface area contributed by atoms with Gasteiger partial charge in [0.15, 0.2) is 5.01 Å². The molecule has 3 rings (SSSR count). The summed E-state index contributed by atoms with van der Waals surface area (Å²) in [5, 5.41) is 0.595. The fourth-order valence-corrected chi connectivity index (χ4v) is 4.23. The van der Waals surface area contributed by atoms with Crippen molar-refractivity contribution in [2.75, 3.05) is 26.8 Å². The van der Waals surface area contributed by atoms with Crippen LogP contribution in [0.5, 0.6) is 0 Å². The van der Waals surface area contributed by atoms with E-state index in [9.17, 15) is 18.0 Å². The van der Waals surface area contributed by atoms with Crippen molar-refractivity contribution in [1.82, 2.24) is 9.88 Å². The number of hydrogen-bond acceptors (Lipinski definition) is 6. The summed E-state index contributed by atoms with van der Waals surface area (Å²) in [4.78, 5) is 17.3. The summed E-state index contributed by atoms with van der Waals surface area (Å²) in [6.07, 6.45) is -2.65. The van der Waals surface area contributed by atoms with Crippen molar-refractivity contribution in [3.05, 3.63) is 57.6 Å². The van der Waals surface area contributed by atoms with Crippen LogP contribution in [0.15, 0.2) is 35.7 Å². The Morgan fingerprint density at radius 2 is 2.10 bits per heavy atom. The molecule has 0 bridgehead atoms. The lowest BCUT2D eigenvalue weighted by atomic mass is 10.0. The standard InChI is InChI=1S/C22H25F3N2O3S/c1-14(10-20(28)29-3)17-6-4-16(5-7-17)11-15(2)27-8-9-30-19(12-27)18-13-31-21(26-18)22(23,24)25/h4-7,10,13,15,19H,8-9,11-12H2,1-3H3. The highest BCUT2D eigenvalue weighted by atomic mass is 32.1. The minimum atomic E-state index is -4.43. The summed E-state index contributed by atoms with van der Waals surface area (Å²) >= 11 is 0.603. The minimum absolute atomic E-state index is 0.185. The molecule has 0 amide bonds. The number of rotatable bonds is 6. The zero-order valence-corrected chi connectivity index (χ0v) is 18.4. The molecule has 1 aliphatic heterocycles. The van der Waals surface area contributed by atoms with Gasteiger partial charge in [0, 0.05) is 30.6 Å². The van der Waals surface area contributed by atoms with E-state index in [1.807, 2.05) is 31.2 Å². The third-order valence-electron chi connectivity index (χ3n) is 5.29. The molecule has 9 heteroatoms. The number of thiazole rings is 1. The van der Waals surface area contributed by atoms with Gasteiger partial charge in [-0.3, -0.25) is 4.90 Å². The van der Waals surface area contributed by atoms with Crippen molar-refractivity contribution in [3.63, 3.8) is 0 Å². The molecule has 2 aromatic rings. The Bertz CT molecular complexity index is 925. The topological polar surface area (TPSA) is 51.7 Å². The molecule has 168 valence electrons. The quantitative estimate of drug-likeness (QED) is 0.466. The Balaban J connectivity index is 1.61. The molecule has 0 saturated carbocycles. The summed E-state index contributed by atoms with van der Waals surface area (Å²) < 4.78 is 48.9. The van der Waals surface area contributed by atoms with E-state index < -0.39 is 17.3 Å². The van der Waals surface area contributed by atoms with Crippen LogP contribution in [0.4, 0.5) is 13.2 Å². The van der Waals surface area contributed by atoms with Gasteiger partial charge >= 0.3 is 12.1 Å². The third-order valence-corrected chi connectivity index (χ3v) is 6.20. The molecule has 1 aliphatic rings. The summed E-state index contributed by atoms with van der Waals surface area (Å²) in [6.45, 7) is 5.62. The molecule has 2 unspecified atom stereocenters. The summed E-state index contributed by atoms with van der Waals surface area (Å²) in [5.41, 5.74) is 3.24. The average Bonchev–Trinajstić information content (AvgIpc) is 3.25. The van der Waals surface area contributed by atoms with Gasteiger partial charge in [0.2, 0.25) is 0 Å². The molecule has 1 saturated heterocycles. The van der Waals surface area contributed by atoms with E-state index >= 15 is 0 Å². The van der Waals surface area contributed by atoms with Gasteiger partial charge in [-0.1, -0.05) is 24.3 Å². The van der Waals surface area contributed by atoms with Crippen LogP contribution in [0.1, 0.15) is 41.8 Å². The van der Waals surface area contributed by atoms with Gasteiger partial charge in [-0.2, -0.15) is 13.2 Å². The van der Waals surface area contributed by atoms with E-state index in [1.165, 1.54) is 18.6 Å². The van der Waals surface area contributed by atoms with Crippen molar-refractivity contribution >= 4 is 22.9 Å². The van der Waals surface area contributed by atoms with E-state index in [2.05, 4.69) is 21.5 Å². The Morgan fingerprint density at radius 3 is 2.71 bits per heavy atom. The first-order valence-corrected chi connectivity index (χ1v) is 10.8. The van der Waals surface area contributed by atoms with E-state index in [0.29, 0.717) is 36.7 Å². The van der Waals surface area contributed by atoms with Crippen LogP contribution in [0.3, 0.4) is 0 Å². The Hall–Kier alpha value is -2.23. The first kappa shape index (κ1) is 23.4. The number of morpholine rings is 1. The molecule has 2 heterocycles. The third kappa shape index (κ3) is 6.15. The number of alkyl halides is 3. The number of esters is 1. The van der Waals surface area contributed by atoms with Crippen LogP contribution in [-0.4, -0.2) is 48.7 Å². The summed E-state index contributed by atoms with van der Waals surface area (Å²) in [6, 6.07) is 8.16. The number of aromatic nitrogens is 1. The highest BCUT2D eigenvalue weighted by molar-refractivity contribution is 7.09. The molecule has 0 N–H and O–H groups in total. The second-order valence-corrected chi connectivity index (χ2v) is 8.39. The number of carbonyl (C=O) groups is 1. The van der Waals surface area contributed by atoms with Crippen LogP contribution >= 0.6 is 11.3 Å². The smallest absolute Gasteiger partial charge is 0.443 e. The van der Waals surface area contributed by atoms with Gasteiger partial charge < -0.3 is 9.47 Å². The molecule has 1 aromatic carbocycles. The lowest BCUT2D eigenvalue weighted by molar-refractivity contribution is -0.138. The maximum absolute atomic E-state index is 12.8. The number of halogens is 3. The van der Waals surface area contributed by atoms with Crippen molar-refractivity contribution < 1.29 is 27.4 Å². The minimum Gasteiger partial charge on any atom is -0.466 e. The number of methoxy groups -OCH3 is 1. The SMILES string of the molecule is COC(=O)C=C(C)c1ccc(CC(C)N2CCOC(c3csc(C(F)(F)F)n3)C2)cc1. The predicted molar refractivity (Wildman–Crippen MR) is 113 cm³/mol. The summed E-state index contributed by atoms with van der Waals surface area (Å²) in [5.74, 6) is -0.389. The fourth-order valence-electron chi connectivity index (χ4n) is 3.51. The van der Waals surface area contributed by atoms with Gasteiger partial charge in [0.1, 0.15) is 6.10 Å². The zero-order chi connectivity index (χ0) is 22.6. The van der Waals surface area contributed by atoms with Gasteiger partial charge in [-0.05, 0) is 37.0 Å². The molecule has 5 nitrogen and oxygen atoms in total. The maximum Gasteiger partial charge on any atom is 0.443 e. The molecule has 0 radical (unpaired) electrons. The molecule has 31 heavy (non-hydrogen) atoms. The Morgan fingerprint density at radius 1 is 1.39 bits per heavy atom. The second kappa shape index (κ2) is 9.93. The number of allylic oxidation sites excluding steroid dienone is 1. The Kier molecular flexibility index (Phi) is 7.51. The highest BCUT2D eigenvalue weighted by Crippen LogP contribution is 2.34. The van der Waals surface area contributed by atoms with E-state index in [4.69, 9.17) is 4.74 Å². The van der Waals surface area contributed by atoms with Crippen LogP contribution < -0.4 is 0 Å². The first-order valence-electron chi connectivity index (χ1n) is 9.91. The molecule has 1 fully saturated rings. The number of ether oxygens (including phenoxy) is 2. The van der Waals surface area contributed by atoms with E-state index in [0.717, 1.165) is 23.1 Å². The number of nitrogens with zero attached hydrogens (tertiary/aromatic N) is 2. The van der Waals surface area contributed by atoms with Crippen LogP contribution in [0.25, 0.3) is 5.57 Å². The average molecular weight is 455 g/mol. The highest BCUT2D eigenvalue weighted by Gasteiger charge is 2.36. The van der Waals surface area contributed by atoms with Gasteiger partial charge in [0.05, 0.1) is 19.4 Å². The largest absolute Gasteiger partial charge is 0.466 e. The molecular formula is C22H25F3N2O3S.